The smallest absolute Gasteiger partial charge is 0.336 e. The number of hydrogen-bond acceptors (Lipinski definition) is 5. The van der Waals surface area contributed by atoms with Crippen molar-refractivity contribution in [3.63, 3.8) is 0 Å². The molecule has 21 heavy (non-hydrogen) atoms. The second-order valence-electron chi connectivity index (χ2n) is 4.91. The number of fused-ring (bicyclic) bond motifs is 1. The molecule has 1 unspecified atom stereocenters. The predicted molar refractivity (Wildman–Crippen MR) is 75.0 cm³/mol. The Morgan fingerprint density at radius 2 is 2.10 bits per heavy atom. The Balaban J connectivity index is 1.93. The molecule has 1 saturated heterocycles. The van der Waals surface area contributed by atoms with E-state index in [0.29, 0.717) is 17.8 Å². The lowest BCUT2D eigenvalue weighted by atomic mass is 10.1. The number of esters is 1. The molecule has 0 saturated carbocycles. The van der Waals surface area contributed by atoms with Gasteiger partial charge in [0.2, 0.25) is 5.91 Å². The van der Waals surface area contributed by atoms with Gasteiger partial charge in [-0.25, -0.2) is 4.79 Å². The summed E-state index contributed by atoms with van der Waals surface area (Å²) in [6, 6.07) is 8.07. The van der Waals surface area contributed by atoms with Gasteiger partial charge >= 0.3 is 11.6 Å². The number of amides is 1. The van der Waals surface area contributed by atoms with Crippen molar-refractivity contribution in [2.75, 3.05) is 18.6 Å². The van der Waals surface area contributed by atoms with Gasteiger partial charge in [0, 0.05) is 30.1 Å². The number of carbonyl (C=O) groups is 2. The number of anilines is 1. The first kappa shape index (κ1) is 13.4. The SMILES string of the molecule is COC(=O)C1CC(=O)N(c2ccc3oc(=O)ccc3c2)C1. The van der Waals surface area contributed by atoms with Gasteiger partial charge in [-0.1, -0.05) is 0 Å². The summed E-state index contributed by atoms with van der Waals surface area (Å²) in [5.74, 6) is -0.938. The van der Waals surface area contributed by atoms with Gasteiger partial charge in [-0.15, -0.1) is 0 Å². The average molecular weight is 287 g/mol. The maximum atomic E-state index is 12.0. The second kappa shape index (κ2) is 5.05. The van der Waals surface area contributed by atoms with E-state index in [0.717, 1.165) is 5.39 Å². The molecule has 1 amide bonds. The van der Waals surface area contributed by atoms with Crippen LogP contribution in [-0.2, 0) is 14.3 Å². The first-order valence-corrected chi connectivity index (χ1v) is 6.50. The van der Waals surface area contributed by atoms with E-state index in [2.05, 4.69) is 4.74 Å². The summed E-state index contributed by atoms with van der Waals surface area (Å²) in [5.41, 5.74) is 0.716. The summed E-state index contributed by atoms with van der Waals surface area (Å²) < 4.78 is 9.73. The van der Waals surface area contributed by atoms with Gasteiger partial charge in [0.25, 0.3) is 0 Å². The molecule has 1 atom stereocenters. The van der Waals surface area contributed by atoms with Crippen molar-refractivity contribution in [1.29, 1.82) is 0 Å². The Bertz CT molecular complexity index is 779. The highest BCUT2D eigenvalue weighted by molar-refractivity contribution is 6.00. The molecule has 1 aromatic heterocycles. The van der Waals surface area contributed by atoms with E-state index in [1.54, 1.807) is 29.2 Å². The van der Waals surface area contributed by atoms with Crippen LogP contribution < -0.4 is 10.5 Å². The zero-order valence-electron chi connectivity index (χ0n) is 11.4. The van der Waals surface area contributed by atoms with E-state index in [-0.39, 0.29) is 18.3 Å². The van der Waals surface area contributed by atoms with Gasteiger partial charge < -0.3 is 14.1 Å². The summed E-state index contributed by atoms with van der Waals surface area (Å²) in [4.78, 5) is 36.3. The first-order chi connectivity index (χ1) is 10.1. The van der Waals surface area contributed by atoms with Gasteiger partial charge in [0.1, 0.15) is 5.58 Å². The molecule has 1 fully saturated rings. The Hall–Kier alpha value is -2.63. The van der Waals surface area contributed by atoms with Crippen LogP contribution in [0.1, 0.15) is 6.42 Å². The molecule has 2 aromatic rings. The van der Waals surface area contributed by atoms with Crippen LogP contribution in [0.2, 0.25) is 0 Å². The molecule has 0 aliphatic carbocycles. The monoisotopic (exact) mass is 287 g/mol. The van der Waals surface area contributed by atoms with E-state index in [9.17, 15) is 14.4 Å². The fraction of sp³-hybridized carbons (Fsp3) is 0.267. The summed E-state index contributed by atoms with van der Waals surface area (Å²) in [6.45, 7) is 0.299. The molecule has 1 aromatic carbocycles. The quantitative estimate of drug-likeness (QED) is 0.615. The third kappa shape index (κ3) is 2.40. The molecule has 2 heterocycles. The van der Waals surface area contributed by atoms with Crippen LogP contribution in [0.25, 0.3) is 11.0 Å². The minimum Gasteiger partial charge on any atom is -0.469 e. The lowest BCUT2D eigenvalue weighted by molar-refractivity contribution is -0.145. The van der Waals surface area contributed by atoms with Crippen molar-refractivity contribution in [3.05, 3.63) is 40.8 Å². The number of methoxy groups -OCH3 is 1. The lowest BCUT2D eigenvalue weighted by Gasteiger charge is -2.16. The van der Waals surface area contributed by atoms with Crippen LogP contribution in [0.3, 0.4) is 0 Å². The normalized spacial score (nSPS) is 18.2. The van der Waals surface area contributed by atoms with E-state index in [4.69, 9.17) is 4.42 Å². The predicted octanol–water partition coefficient (Wildman–Crippen LogP) is 1.32. The molecule has 108 valence electrons. The minimum absolute atomic E-state index is 0.123. The van der Waals surface area contributed by atoms with Gasteiger partial charge in [-0.3, -0.25) is 9.59 Å². The first-order valence-electron chi connectivity index (χ1n) is 6.50. The highest BCUT2D eigenvalue weighted by atomic mass is 16.5. The van der Waals surface area contributed by atoms with E-state index in [1.807, 2.05) is 0 Å². The summed E-state index contributed by atoms with van der Waals surface area (Å²) >= 11 is 0. The number of ether oxygens (including phenoxy) is 1. The molecule has 0 spiro atoms. The Morgan fingerprint density at radius 3 is 2.86 bits per heavy atom. The van der Waals surface area contributed by atoms with Crippen LogP contribution in [0.5, 0.6) is 0 Å². The maximum Gasteiger partial charge on any atom is 0.336 e. The van der Waals surface area contributed by atoms with E-state index >= 15 is 0 Å². The molecule has 0 radical (unpaired) electrons. The molecule has 6 nitrogen and oxygen atoms in total. The topological polar surface area (TPSA) is 76.8 Å². The lowest BCUT2D eigenvalue weighted by Crippen LogP contribution is -2.26. The standard InChI is InChI=1S/C15H13NO5/c1-20-15(19)10-7-13(17)16(8-10)11-3-4-12-9(6-11)2-5-14(18)21-12/h2-6,10H,7-8H2,1H3. The van der Waals surface area contributed by atoms with Gasteiger partial charge in [0.05, 0.1) is 13.0 Å². The Morgan fingerprint density at radius 1 is 1.29 bits per heavy atom. The largest absolute Gasteiger partial charge is 0.469 e. The zero-order valence-corrected chi connectivity index (χ0v) is 11.4. The summed E-state index contributed by atoms with van der Waals surface area (Å²) in [7, 11) is 1.31. The summed E-state index contributed by atoms with van der Waals surface area (Å²) in [5, 5.41) is 0.724. The number of nitrogens with zero attached hydrogens (tertiary/aromatic N) is 1. The molecular weight excluding hydrogens is 274 g/mol. The Labute approximate surface area is 119 Å². The maximum absolute atomic E-state index is 12.0. The number of benzene rings is 1. The van der Waals surface area contributed by atoms with Gasteiger partial charge in [-0.05, 0) is 24.3 Å². The van der Waals surface area contributed by atoms with Crippen molar-refractivity contribution in [2.24, 2.45) is 5.92 Å². The van der Waals surface area contributed by atoms with Crippen molar-refractivity contribution >= 4 is 28.5 Å². The number of hydrogen-bond donors (Lipinski definition) is 0. The van der Waals surface area contributed by atoms with Crippen LogP contribution in [0.4, 0.5) is 5.69 Å². The van der Waals surface area contributed by atoms with E-state index < -0.39 is 11.5 Å². The molecule has 0 bridgehead atoms. The van der Waals surface area contributed by atoms with Crippen LogP contribution in [0.15, 0.2) is 39.5 Å². The Kier molecular flexibility index (Phi) is 3.21. The van der Waals surface area contributed by atoms with Crippen molar-refractivity contribution in [2.45, 2.75) is 6.42 Å². The fourth-order valence-electron chi connectivity index (χ4n) is 2.51. The molecule has 1 aliphatic heterocycles. The number of carbonyl (C=O) groups excluding carboxylic acids is 2. The van der Waals surface area contributed by atoms with Crippen molar-refractivity contribution in [1.82, 2.24) is 0 Å². The minimum atomic E-state index is -0.438. The molecule has 1 aliphatic rings. The molecular formula is C15H13NO5. The van der Waals surface area contributed by atoms with E-state index in [1.165, 1.54) is 13.2 Å². The van der Waals surface area contributed by atoms with Crippen LogP contribution in [-0.4, -0.2) is 25.5 Å². The van der Waals surface area contributed by atoms with Crippen molar-refractivity contribution < 1.29 is 18.7 Å². The molecule has 0 N–H and O–H groups in total. The third-order valence-corrected chi connectivity index (χ3v) is 3.57. The van der Waals surface area contributed by atoms with Crippen molar-refractivity contribution in [3.8, 4) is 0 Å². The summed E-state index contributed by atoms with van der Waals surface area (Å²) in [6.07, 6.45) is 0.147. The zero-order chi connectivity index (χ0) is 15.0. The van der Waals surface area contributed by atoms with Gasteiger partial charge in [-0.2, -0.15) is 0 Å². The highest BCUT2D eigenvalue weighted by Gasteiger charge is 2.35. The molecule has 3 rings (SSSR count). The molecule has 6 heteroatoms. The van der Waals surface area contributed by atoms with Crippen LogP contribution in [0, 0.1) is 5.92 Å². The second-order valence-corrected chi connectivity index (χ2v) is 4.91. The highest BCUT2D eigenvalue weighted by Crippen LogP contribution is 2.28. The van der Waals surface area contributed by atoms with Gasteiger partial charge in [0.15, 0.2) is 0 Å². The number of rotatable bonds is 2. The average Bonchev–Trinajstić information content (AvgIpc) is 2.88. The van der Waals surface area contributed by atoms with Crippen LogP contribution >= 0.6 is 0 Å². The third-order valence-electron chi connectivity index (χ3n) is 3.57. The fourth-order valence-corrected chi connectivity index (χ4v) is 2.51.